The number of aliphatic imine (C=N–C) groups is 1. The highest BCUT2D eigenvalue weighted by molar-refractivity contribution is 7.09. The van der Waals surface area contributed by atoms with Gasteiger partial charge in [0.2, 0.25) is 0 Å². The van der Waals surface area contributed by atoms with E-state index < -0.39 is 6.17 Å². The first-order valence-electron chi connectivity index (χ1n) is 7.90. The van der Waals surface area contributed by atoms with Crippen LogP contribution < -0.4 is 21.1 Å². The molecular formula is C18H16ClN5OS. The Balaban J connectivity index is 1.56. The van der Waals surface area contributed by atoms with Crippen molar-refractivity contribution in [2.45, 2.75) is 12.8 Å². The first-order valence-corrected chi connectivity index (χ1v) is 9.16. The standard InChI is InChI=1S/C18H16ClN5OS/c19-14-8-12(2-4-16(14)25-9-17-22-5-6-26-17)24-10-23-15-3-1-11(20)7-13(15)18(24)21/h1-8,10,18H,9,20-21H2. The maximum absolute atomic E-state index is 6.40. The molecule has 6 nitrogen and oxygen atoms in total. The summed E-state index contributed by atoms with van der Waals surface area (Å²) in [6.07, 6.45) is 3.05. The van der Waals surface area contributed by atoms with E-state index >= 15 is 0 Å². The number of ether oxygens (including phenoxy) is 1. The first-order chi connectivity index (χ1) is 12.6. The Morgan fingerprint density at radius 3 is 2.88 bits per heavy atom. The Hall–Kier alpha value is -2.61. The lowest BCUT2D eigenvalue weighted by Gasteiger charge is -2.31. The lowest BCUT2D eigenvalue weighted by molar-refractivity contribution is 0.306. The molecule has 0 saturated carbocycles. The molecule has 4 rings (SSSR count). The number of anilines is 2. The Labute approximate surface area is 159 Å². The molecule has 0 amide bonds. The summed E-state index contributed by atoms with van der Waals surface area (Å²) in [4.78, 5) is 10.5. The van der Waals surface area contributed by atoms with Gasteiger partial charge in [0.25, 0.3) is 0 Å². The number of nitrogens with zero attached hydrogens (tertiary/aromatic N) is 3. The third-order valence-corrected chi connectivity index (χ3v) is 5.09. The molecule has 8 heteroatoms. The summed E-state index contributed by atoms with van der Waals surface area (Å²) in [6.45, 7) is 0.383. The van der Waals surface area contributed by atoms with Crippen molar-refractivity contribution in [2.75, 3.05) is 10.6 Å². The summed E-state index contributed by atoms with van der Waals surface area (Å²) in [6, 6.07) is 11.0. The predicted molar refractivity (Wildman–Crippen MR) is 106 cm³/mol. The summed E-state index contributed by atoms with van der Waals surface area (Å²) < 4.78 is 5.74. The Morgan fingerprint density at radius 1 is 1.23 bits per heavy atom. The number of aromatic nitrogens is 1. The molecule has 0 radical (unpaired) electrons. The smallest absolute Gasteiger partial charge is 0.140 e. The number of hydrogen-bond donors (Lipinski definition) is 2. The van der Waals surface area contributed by atoms with Gasteiger partial charge < -0.3 is 21.1 Å². The molecular weight excluding hydrogens is 370 g/mol. The van der Waals surface area contributed by atoms with Gasteiger partial charge in [-0.15, -0.1) is 11.3 Å². The molecule has 1 atom stereocenters. The normalized spacial score (nSPS) is 15.8. The number of halogens is 1. The van der Waals surface area contributed by atoms with Gasteiger partial charge in [-0.25, -0.2) is 9.98 Å². The van der Waals surface area contributed by atoms with Crippen molar-refractivity contribution in [1.29, 1.82) is 0 Å². The van der Waals surface area contributed by atoms with E-state index in [1.807, 2.05) is 46.7 Å². The zero-order chi connectivity index (χ0) is 18.1. The van der Waals surface area contributed by atoms with Crippen molar-refractivity contribution >= 4 is 46.3 Å². The van der Waals surface area contributed by atoms with E-state index in [0.717, 1.165) is 21.9 Å². The largest absolute Gasteiger partial charge is 0.485 e. The van der Waals surface area contributed by atoms with Crippen LogP contribution in [0.3, 0.4) is 0 Å². The van der Waals surface area contributed by atoms with Gasteiger partial charge in [-0.2, -0.15) is 0 Å². The summed E-state index contributed by atoms with van der Waals surface area (Å²) in [5.74, 6) is 0.595. The summed E-state index contributed by atoms with van der Waals surface area (Å²) in [5.41, 5.74) is 15.4. The number of nitrogen functional groups attached to an aromatic ring is 1. The van der Waals surface area contributed by atoms with Crippen LogP contribution in [-0.4, -0.2) is 11.3 Å². The Morgan fingerprint density at radius 2 is 2.12 bits per heavy atom. The molecule has 132 valence electrons. The van der Waals surface area contributed by atoms with Crippen molar-refractivity contribution in [3.8, 4) is 5.75 Å². The quantitative estimate of drug-likeness (QED) is 0.660. The van der Waals surface area contributed by atoms with Crippen molar-refractivity contribution in [1.82, 2.24) is 4.98 Å². The molecule has 1 aromatic heterocycles. The van der Waals surface area contributed by atoms with Crippen LogP contribution in [0, 0.1) is 0 Å². The molecule has 0 aliphatic carbocycles. The number of benzene rings is 2. The van der Waals surface area contributed by atoms with Crippen LogP contribution in [0.25, 0.3) is 0 Å². The second-order valence-corrected chi connectivity index (χ2v) is 7.13. The van der Waals surface area contributed by atoms with Crippen LogP contribution in [0.1, 0.15) is 16.7 Å². The van der Waals surface area contributed by atoms with Gasteiger partial charge >= 0.3 is 0 Å². The number of rotatable bonds is 4. The minimum absolute atomic E-state index is 0.383. The van der Waals surface area contributed by atoms with Crippen LogP contribution in [0.15, 0.2) is 53.0 Å². The SMILES string of the molecule is Nc1ccc2c(c1)C(N)N(c1ccc(OCc3nccs3)c(Cl)c1)C=N2. The number of nitrogens with two attached hydrogens (primary N) is 2. The molecule has 0 fully saturated rings. The highest BCUT2D eigenvalue weighted by atomic mass is 35.5. The van der Waals surface area contributed by atoms with Crippen LogP contribution in [0.2, 0.25) is 5.02 Å². The number of hydrogen-bond acceptors (Lipinski definition) is 7. The summed E-state index contributed by atoms with van der Waals surface area (Å²) in [5, 5.41) is 3.30. The minimum Gasteiger partial charge on any atom is -0.485 e. The highest BCUT2D eigenvalue weighted by Crippen LogP contribution is 2.36. The molecule has 26 heavy (non-hydrogen) atoms. The third-order valence-electron chi connectivity index (χ3n) is 4.04. The fourth-order valence-corrected chi connectivity index (χ4v) is 3.49. The average Bonchev–Trinajstić information content (AvgIpc) is 3.15. The topological polar surface area (TPSA) is 89.8 Å². The van der Waals surface area contributed by atoms with Crippen LogP contribution in [0.5, 0.6) is 5.75 Å². The molecule has 3 aromatic rings. The fraction of sp³-hybridized carbons (Fsp3) is 0.111. The minimum atomic E-state index is -0.399. The van der Waals surface area contributed by atoms with E-state index in [0.29, 0.717) is 23.1 Å². The van der Waals surface area contributed by atoms with E-state index in [-0.39, 0.29) is 0 Å². The van der Waals surface area contributed by atoms with Gasteiger partial charge in [0.15, 0.2) is 0 Å². The molecule has 0 saturated heterocycles. The van der Waals surface area contributed by atoms with Crippen molar-refractivity contribution in [2.24, 2.45) is 10.7 Å². The monoisotopic (exact) mass is 385 g/mol. The molecule has 1 aliphatic heterocycles. The van der Waals surface area contributed by atoms with Crippen molar-refractivity contribution < 1.29 is 4.74 Å². The lowest BCUT2D eigenvalue weighted by Crippen LogP contribution is -2.35. The van der Waals surface area contributed by atoms with Crippen LogP contribution in [-0.2, 0) is 6.61 Å². The molecule has 1 aliphatic rings. The average molecular weight is 386 g/mol. The Bertz CT molecular complexity index is 960. The summed E-state index contributed by atoms with van der Waals surface area (Å²) >= 11 is 7.93. The molecule has 2 aromatic carbocycles. The van der Waals surface area contributed by atoms with E-state index in [1.165, 1.54) is 11.3 Å². The molecule has 0 bridgehead atoms. The molecule has 2 heterocycles. The first kappa shape index (κ1) is 16.8. The van der Waals surface area contributed by atoms with Gasteiger partial charge in [-0.3, -0.25) is 0 Å². The second kappa shape index (κ2) is 6.95. The fourth-order valence-electron chi connectivity index (χ4n) is 2.73. The van der Waals surface area contributed by atoms with E-state index in [2.05, 4.69) is 9.98 Å². The predicted octanol–water partition coefficient (Wildman–Crippen LogP) is 4.10. The number of fused-ring (bicyclic) bond motifs is 1. The van der Waals surface area contributed by atoms with Crippen molar-refractivity contribution in [3.63, 3.8) is 0 Å². The highest BCUT2D eigenvalue weighted by Gasteiger charge is 2.23. The maximum atomic E-state index is 6.40. The molecule has 0 spiro atoms. The molecule has 1 unspecified atom stereocenters. The van der Waals surface area contributed by atoms with Crippen molar-refractivity contribution in [3.05, 3.63) is 63.6 Å². The van der Waals surface area contributed by atoms with Crippen LogP contribution in [0.4, 0.5) is 17.1 Å². The van der Waals surface area contributed by atoms with Gasteiger partial charge in [-0.1, -0.05) is 11.6 Å². The van der Waals surface area contributed by atoms with Gasteiger partial charge in [0.05, 0.1) is 17.0 Å². The summed E-state index contributed by atoms with van der Waals surface area (Å²) in [7, 11) is 0. The van der Waals surface area contributed by atoms with Gasteiger partial charge in [0.1, 0.15) is 23.5 Å². The van der Waals surface area contributed by atoms with E-state index in [1.54, 1.807) is 12.5 Å². The zero-order valence-electron chi connectivity index (χ0n) is 13.7. The lowest BCUT2D eigenvalue weighted by atomic mass is 10.1. The van der Waals surface area contributed by atoms with Gasteiger partial charge in [-0.05, 0) is 36.4 Å². The second-order valence-electron chi connectivity index (χ2n) is 5.74. The van der Waals surface area contributed by atoms with Gasteiger partial charge in [0, 0.05) is 28.5 Å². The maximum Gasteiger partial charge on any atom is 0.140 e. The van der Waals surface area contributed by atoms with E-state index in [9.17, 15) is 0 Å². The third kappa shape index (κ3) is 3.24. The van der Waals surface area contributed by atoms with E-state index in [4.69, 9.17) is 27.8 Å². The number of thiazole rings is 1. The zero-order valence-corrected chi connectivity index (χ0v) is 15.2. The molecule has 4 N–H and O–H groups in total. The van der Waals surface area contributed by atoms with Crippen LogP contribution >= 0.6 is 22.9 Å². The Kier molecular flexibility index (Phi) is 4.50.